The predicted octanol–water partition coefficient (Wildman–Crippen LogP) is 4.01. The van der Waals surface area contributed by atoms with Gasteiger partial charge in [0.05, 0.1) is 17.1 Å². The molecule has 0 N–H and O–H groups in total. The number of hydrogen-bond donors (Lipinski definition) is 0. The predicted molar refractivity (Wildman–Crippen MR) is 99.9 cm³/mol. The minimum atomic E-state index is -3.74. The molecule has 0 saturated heterocycles. The maximum atomic E-state index is 13.0. The zero-order chi connectivity index (χ0) is 18.6. The van der Waals surface area contributed by atoms with Crippen molar-refractivity contribution in [1.82, 2.24) is 4.31 Å². The molecule has 5 nitrogen and oxygen atoms in total. The Morgan fingerprint density at radius 1 is 1.20 bits per heavy atom. The van der Waals surface area contributed by atoms with Gasteiger partial charge in [0.2, 0.25) is 10.0 Å². The van der Waals surface area contributed by atoms with Crippen LogP contribution < -0.4 is 0 Å². The second-order valence-electron chi connectivity index (χ2n) is 5.47. The van der Waals surface area contributed by atoms with Gasteiger partial charge >= 0.3 is 5.97 Å². The summed E-state index contributed by atoms with van der Waals surface area (Å²) in [7, 11) is -2.20. The van der Waals surface area contributed by atoms with Gasteiger partial charge < -0.3 is 4.74 Å². The van der Waals surface area contributed by atoms with E-state index >= 15 is 0 Å². The first kappa shape index (κ1) is 19.6. The molecule has 0 aromatic heterocycles. The van der Waals surface area contributed by atoms with Crippen molar-refractivity contribution in [2.45, 2.75) is 24.8 Å². The Morgan fingerprint density at radius 2 is 1.84 bits per heavy atom. The smallest absolute Gasteiger partial charge is 0.338 e. The second-order valence-corrected chi connectivity index (χ2v) is 8.29. The van der Waals surface area contributed by atoms with Crippen molar-refractivity contribution in [1.29, 1.82) is 0 Å². The van der Waals surface area contributed by atoms with Gasteiger partial charge in [-0.25, -0.2) is 13.2 Å². The molecule has 1 unspecified atom stereocenters. The van der Waals surface area contributed by atoms with E-state index < -0.39 is 16.0 Å². The zero-order valence-corrected chi connectivity index (χ0v) is 16.7. The van der Waals surface area contributed by atoms with Crippen molar-refractivity contribution in [3.8, 4) is 0 Å². The normalized spacial score (nSPS) is 12.8. The van der Waals surface area contributed by atoms with Crippen molar-refractivity contribution in [3.63, 3.8) is 0 Å². The number of carbonyl (C=O) groups excluding carboxylic acids is 1. The molecular weight excluding hydrogens is 406 g/mol. The lowest BCUT2D eigenvalue weighted by Crippen LogP contribution is -2.30. The van der Waals surface area contributed by atoms with Crippen LogP contribution in [-0.4, -0.2) is 32.3 Å². The van der Waals surface area contributed by atoms with Crippen LogP contribution in [0.25, 0.3) is 0 Å². The number of rotatable bonds is 6. The molecule has 2 rings (SSSR count). The van der Waals surface area contributed by atoms with E-state index in [1.807, 2.05) is 37.3 Å². The summed E-state index contributed by atoms with van der Waals surface area (Å²) in [6.45, 7) is 3.80. The van der Waals surface area contributed by atoms with Crippen molar-refractivity contribution in [3.05, 3.63) is 64.1 Å². The summed E-state index contributed by atoms with van der Waals surface area (Å²) in [6, 6.07) is 13.4. The molecule has 0 bridgehead atoms. The van der Waals surface area contributed by atoms with Gasteiger partial charge in [0.25, 0.3) is 0 Å². The van der Waals surface area contributed by atoms with Crippen LogP contribution in [0.4, 0.5) is 0 Å². The minimum Gasteiger partial charge on any atom is -0.462 e. The van der Waals surface area contributed by atoms with Gasteiger partial charge in [-0.3, -0.25) is 0 Å². The number of nitrogens with zero attached hydrogens (tertiary/aromatic N) is 1. The van der Waals surface area contributed by atoms with E-state index in [-0.39, 0.29) is 17.5 Å². The van der Waals surface area contributed by atoms with Gasteiger partial charge in [0, 0.05) is 17.6 Å². The van der Waals surface area contributed by atoms with Crippen molar-refractivity contribution < 1.29 is 17.9 Å². The summed E-state index contributed by atoms with van der Waals surface area (Å²) >= 11 is 3.26. The monoisotopic (exact) mass is 425 g/mol. The molecular formula is C18H20BrNO4S. The molecule has 7 heteroatoms. The number of esters is 1. The van der Waals surface area contributed by atoms with Gasteiger partial charge in [-0.1, -0.05) is 30.3 Å². The summed E-state index contributed by atoms with van der Waals surface area (Å²) in [6.07, 6.45) is 0. The minimum absolute atomic E-state index is 0.103. The first-order chi connectivity index (χ1) is 11.8. The SMILES string of the molecule is CCOC(=O)c1ccc(S(=O)(=O)N(C)C(C)c2ccccc2)c(Br)c1. The highest BCUT2D eigenvalue weighted by molar-refractivity contribution is 9.10. The quantitative estimate of drug-likeness (QED) is 0.655. The molecule has 2 aromatic rings. The van der Waals surface area contributed by atoms with E-state index in [0.717, 1.165) is 5.56 Å². The van der Waals surface area contributed by atoms with Gasteiger partial charge in [-0.05, 0) is 53.5 Å². The topological polar surface area (TPSA) is 63.7 Å². The van der Waals surface area contributed by atoms with Crippen LogP contribution in [0.15, 0.2) is 57.9 Å². The molecule has 0 amide bonds. The van der Waals surface area contributed by atoms with Crippen molar-refractivity contribution >= 4 is 31.9 Å². The number of halogens is 1. The number of sulfonamides is 1. The summed E-state index contributed by atoms with van der Waals surface area (Å²) in [5.41, 5.74) is 1.19. The maximum absolute atomic E-state index is 13.0. The Balaban J connectivity index is 2.34. The lowest BCUT2D eigenvalue weighted by molar-refractivity contribution is 0.0526. The van der Waals surface area contributed by atoms with E-state index in [1.165, 1.54) is 22.5 Å². The van der Waals surface area contributed by atoms with Crippen LogP contribution in [0, 0.1) is 0 Å². The fourth-order valence-corrected chi connectivity index (χ4v) is 4.74. The van der Waals surface area contributed by atoms with E-state index in [4.69, 9.17) is 4.74 Å². The Morgan fingerprint density at radius 3 is 2.40 bits per heavy atom. The average molecular weight is 426 g/mol. The fraction of sp³-hybridized carbons (Fsp3) is 0.278. The van der Waals surface area contributed by atoms with Gasteiger partial charge in [0.15, 0.2) is 0 Å². The highest BCUT2D eigenvalue weighted by Gasteiger charge is 2.28. The standard InChI is InChI=1S/C18H20BrNO4S/c1-4-24-18(21)15-10-11-17(16(19)12-15)25(22,23)20(3)13(2)14-8-6-5-7-9-14/h5-13H,4H2,1-3H3. The van der Waals surface area contributed by atoms with Crippen LogP contribution in [-0.2, 0) is 14.8 Å². The molecule has 0 aliphatic rings. The third kappa shape index (κ3) is 4.29. The van der Waals surface area contributed by atoms with E-state index in [1.54, 1.807) is 14.0 Å². The van der Waals surface area contributed by atoms with Crippen LogP contribution in [0.5, 0.6) is 0 Å². The number of ether oxygens (including phenoxy) is 1. The molecule has 0 radical (unpaired) electrons. The number of hydrogen-bond acceptors (Lipinski definition) is 4. The summed E-state index contributed by atoms with van der Waals surface area (Å²) in [5, 5.41) is 0. The molecule has 0 aliphatic heterocycles. The lowest BCUT2D eigenvalue weighted by Gasteiger charge is -2.25. The maximum Gasteiger partial charge on any atom is 0.338 e. The summed E-state index contributed by atoms with van der Waals surface area (Å²) < 4.78 is 32.5. The highest BCUT2D eigenvalue weighted by atomic mass is 79.9. The third-order valence-electron chi connectivity index (χ3n) is 3.93. The van der Waals surface area contributed by atoms with Crippen molar-refractivity contribution in [2.24, 2.45) is 0 Å². The van der Waals surface area contributed by atoms with Crippen molar-refractivity contribution in [2.75, 3.05) is 13.7 Å². The van der Waals surface area contributed by atoms with E-state index in [9.17, 15) is 13.2 Å². The van der Waals surface area contributed by atoms with Gasteiger partial charge in [0.1, 0.15) is 0 Å². The van der Waals surface area contributed by atoms with Crippen LogP contribution >= 0.6 is 15.9 Å². The largest absolute Gasteiger partial charge is 0.462 e. The molecule has 134 valence electrons. The van der Waals surface area contributed by atoms with Crippen LogP contribution in [0.2, 0.25) is 0 Å². The Bertz CT molecular complexity index is 853. The fourth-order valence-electron chi connectivity index (χ4n) is 2.36. The third-order valence-corrected chi connectivity index (χ3v) is 6.83. The second kappa shape index (κ2) is 8.12. The molecule has 0 heterocycles. The Hall–Kier alpha value is -1.70. The molecule has 0 aliphatic carbocycles. The van der Waals surface area contributed by atoms with E-state index in [2.05, 4.69) is 15.9 Å². The summed E-state index contributed by atoms with van der Waals surface area (Å²) in [5.74, 6) is -0.488. The zero-order valence-electron chi connectivity index (χ0n) is 14.3. The summed E-state index contributed by atoms with van der Waals surface area (Å²) in [4.78, 5) is 11.9. The number of benzene rings is 2. The molecule has 25 heavy (non-hydrogen) atoms. The average Bonchev–Trinajstić information content (AvgIpc) is 2.61. The highest BCUT2D eigenvalue weighted by Crippen LogP contribution is 2.30. The molecule has 0 spiro atoms. The van der Waals surface area contributed by atoms with Crippen LogP contribution in [0.3, 0.4) is 0 Å². The van der Waals surface area contributed by atoms with Gasteiger partial charge in [-0.15, -0.1) is 0 Å². The van der Waals surface area contributed by atoms with Gasteiger partial charge in [-0.2, -0.15) is 4.31 Å². The first-order valence-electron chi connectivity index (χ1n) is 7.78. The molecule has 1 atom stereocenters. The first-order valence-corrected chi connectivity index (χ1v) is 10.0. The lowest BCUT2D eigenvalue weighted by atomic mass is 10.1. The van der Waals surface area contributed by atoms with Crippen LogP contribution in [0.1, 0.15) is 35.8 Å². The Kier molecular flexibility index (Phi) is 6.37. The van der Waals surface area contributed by atoms with E-state index in [0.29, 0.717) is 10.0 Å². The Labute approximate surface area is 156 Å². The molecule has 2 aromatic carbocycles. The molecule has 0 fully saturated rings. The molecule has 0 saturated carbocycles. The number of carbonyl (C=O) groups is 1.